The molecule has 4 heterocycles. The van der Waals surface area contributed by atoms with E-state index in [1.807, 2.05) is 38.5 Å². The summed E-state index contributed by atoms with van der Waals surface area (Å²) in [4.78, 5) is 47.2. The van der Waals surface area contributed by atoms with Crippen LogP contribution in [0.15, 0.2) is 93.7 Å². The van der Waals surface area contributed by atoms with E-state index in [0.29, 0.717) is 91.2 Å². The first-order valence-corrected chi connectivity index (χ1v) is 33.1. The Morgan fingerprint density at radius 1 is 0.725 bits per heavy atom. The van der Waals surface area contributed by atoms with Gasteiger partial charge < -0.3 is 28.7 Å². The number of thiol groups is 1. The molecule has 14 nitrogen and oxygen atoms in total. The second kappa shape index (κ2) is 25.5. The smallest absolute Gasteiger partial charge is 0.286 e. The predicted octanol–water partition coefficient (Wildman–Crippen LogP) is 11.6. The van der Waals surface area contributed by atoms with Crippen molar-refractivity contribution in [2.24, 2.45) is 32.4 Å². The van der Waals surface area contributed by atoms with Crippen LogP contribution in [0, 0.1) is 23.7 Å². The van der Waals surface area contributed by atoms with Crippen LogP contribution in [-0.2, 0) is 53.2 Å². The summed E-state index contributed by atoms with van der Waals surface area (Å²) < 4.78 is 65.3. The maximum Gasteiger partial charge on any atom is 0.286 e. The van der Waals surface area contributed by atoms with Crippen molar-refractivity contribution in [3.8, 4) is 11.5 Å². The van der Waals surface area contributed by atoms with E-state index >= 15 is 4.21 Å². The fourth-order valence-corrected chi connectivity index (χ4v) is 17.0. The summed E-state index contributed by atoms with van der Waals surface area (Å²) >= 11 is 0. The predicted molar refractivity (Wildman–Crippen MR) is 316 cm³/mol. The van der Waals surface area contributed by atoms with E-state index in [9.17, 15) is 18.6 Å². The van der Waals surface area contributed by atoms with Gasteiger partial charge in [-0.15, -0.1) is 4.36 Å². The van der Waals surface area contributed by atoms with E-state index in [-0.39, 0.29) is 36.2 Å². The summed E-state index contributed by atoms with van der Waals surface area (Å²) in [6, 6.07) is 28.2. The summed E-state index contributed by atoms with van der Waals surface area (Å²) in [6.07, 6.45) is 16.5. The molecule has 80 heavy (non-hydrogen) atoms. The van der Waals surface area contributed by atoms with Gasteiger partial charge >= 0.3 is 0 Å². The van der Waals surface area contributed by atoms with Crippen LogP contribution in [0.4, 0.5) is 11.4 Å². The molecule has 1 N–H and O–H groups in total. The number of amides is 3. The van der Waals surface area contributed by atoms with Crippen molar-refractivity contribution < 1.29 is 41.7 Å². The van der Waals surface area contributed by atoms with Crippen molar-refractivity contribution in [3.05, 3.63) is 118 Å². The number of ether oxygens (including phenoxy) is 4. The molecular formula is C64H83N5O9S2. The van der Waals surface area contributed by atoms with Crippen LogP contribution in [0.2, 0.25) is 0 Å². The van der Waals surface area contributed by atoms with Crippen molar-refractivity contribution in [2.75, 3.05) is 68.4 Å². The number of aryl methyl sites for hydroxylation is 1. The molecule has 10 atom stereocenters. The molecule has 1 spiro atoms. The first-order valence-electron chi connectivity index (χ1n) is 30.0. The number of nitrogens with zero attached hydrogens (tertiary/aromatic N) is 4. The summed E-state index contributed by atoms with van der Waals surface area (Å²) in [5.41, 5.74) is 6.96. The minimum Gasteiger partial charge on any atom is -0.491 e. The van der Waals surface area contributed by atoms with Crippen molar-refractivity contribution in [1.29, 1.82) is 0 Å². The molecule has 430 valence electrons. The number of rotatable bonds is 6. The molecule has 0 saturated heterocycles. The van der Waals surface area contributed by atoms with Crippen LogP contribution in [0.5, 0.6) is 11.5 Å². The van der Waals surface area contributed by atoms with Crippen molar-refractivity contribution in [2.45, 2.75) is 152 Å². The van der Waals surface area contributed by atoms with E-state index in [1.54, 1.807) is 12.1 Å². The Morgan fingerprint density at radius 3 is 2.11 bits per heavy atom. The van der Waals surface area contributed by atoms with Gasteiger partial charge in [0.05, 0.1) is 42.5 Å². The number of carbonyl (C=O) groups excluding carboxylic acids is 3. The number of anilines is 2. The lowest BCUT2D eigenvalue weighted by Crippen LogP contribution is -2.50. The number of hydrogen-bond donors (Lipinski definition) is 2. The molecule has 7 aliphatic rings. The number of carbonyl (C=O) groups is 3. The zero-order valence-electron chi connectivity index (χ0n) is 47.0. The zero-order valence-corrected chi connectivity index (χ0v) is 48.7. The maximum absolute atomic E-state index is 15.1. The molecule has 4 aromatic carbocycles. The minimum atomic E-state index is -3.52. The minimum absolute atomic E-state index is 0.0439. The maximum atomic E-state index is 15.1. The molecule has 16 heteroatoms. The normalized spacial score (nSPS) is 30.7. The van der Waals surface area contributed by atoms with Gasteiger partial charge in [0.15, 0.2) is 0 Å². The van der Waals surface area contributed by atoms with Gasteiger partial charge in [-0.2, -0.15) is 4.36 Å². The second-order valence-corrected chi connectivity index (χ2v) is 27.6. The highest BCUT2D eigenvalue weighted by Gasteiger charge is 2.46. The topological polar surface area (TPSA) is 165 Å². The summed E-state index contributed by atoms with van der Waals surface area (Å²) in [6.45, 7) is 3.89. The molecule has 4 aliphatic heterocycles. The SMILES string of the molecule is CO[C@H]1CCCCC[S@](=O)(NC(=O)CCC2CC[C@]3(COc4ccc5cc4N(C[C@@H]4CC[C@H]4[C@@H](OC)CCCCC/[SH](=O)=N\C5=O)C3)c3ccccc32)=NC(=O)c2ccc3c(c2)N(Cc2ccccc2CCCCO3)C[C@@H]2CC[C@H]21. The molecule has 4 bridgehead atoms. The van der Waals surface area contributed by atoms with Crippen LogP contribution in [0.25, 0.3) is 0 Å². The van der Waals surface area contributed by atoms with E-state index in [2.05, 4.69) is 71.8 Å². The Hall–Kier alpha value is -5.29. The first kappa shape index (κ1) is 56.6. The van der Waals surface area contributed by atoms with Gasteiger partial charge in [0.2, 0.25) is 5.91 Å². The van der Waals surface area contributed by atoms with Gasteiger partial charge in [0.1, 0.15) is 21.4 Å². The molecule has 2 unspecified atom stereocenters. The zero-order chi connectivity index (χ0) is 55.2. The number of nitrogens with one attached hydrogen (secondary N) is 1. The molecular weight excluding hydrogens is 1050 g/mol. The third kappa shape index (κ3) is 12.7. The van der Waals surface area contributed by atoms with Crippen LogP contribution < -0.4 is 24.0 Å². The molecule has 3 amide bonds. The Labute approximate surface area is 476 Å². The largest absolute Gasteiger partial charge is 0.491 e. The van der Waals surface area contributed by atoms with Crippen molar-refractivity contribution >= 4 is 49.6 Å². The summed E-state index contributed by atoms with van der Waals surface area (Å²) in [7, 11) is -1.88. The third-order valence-electron chi connectivity index (χ3n) is 19.2. The average Bonchev–Trinajstić information content (AvgIpc) is 3.75. The van der Waals surface area contributed by atoms with E-state index in [4.69, 9.17) is 18.9 Å². The number of benzene rings is 4. The average molecular weight is 1130 g/mol. The third-order valence-corrected chi connectivity index (χ3v) is 22.2. The van der Waals surface area contributed by atoms with Crippen LogP contribution in [0.1, 0.15) is 164 Å². The summed E-state index contributed by atoms with van der Waals surface area (Å²) in [5, 5.41) is 0. The van der Waals surface area contributed by atoms with E-state index in [0.717, 1.165) is 127 Å². The van der Waals surface area contributed by atoms with Crippen LogP contribution >= 0.6 is 0 Å². The fourth-order valence-electron chi connectivity index (χ4n) is 14.5. The monoisotopic (exact) mass is 1130 g/mol. The van der Waals surface area contributed by atoms with Crippen LogP contribution in [-0.4, -0.2) is 96.9 Å². The molecule has 2 fully saturated rings. The quantitative estimate of drug-likeness (QED) is 0.177. The second-order valence-electron chi connectivity index (χ2n) is 24.1. The molecule has 11 rings (SSSR count). The Bertz CT molecular complexity index is 3120. The van der Waals surface area contributed by atoms with Crippen LogP contribution in [0.3, 0.4) is 0 Å². The molecule has 0 radical (unpaired) electrons. The van der Waals surface area contributed by atoms with E-state index in [1.165, 1.54) is 22.3 Å². The van der Waals surface area contributed by atoms with Gasteiger partial charge in [0.25, 0.3) is 11.8 Å². The Kier molecular flexibility index (Phi) is 18.0. The lowest BCUT2D eigenvalue weighted by molar-refractivity contribution is -0.119. The van der Waals surface area contributed by atoms with Crippen molar-refractivity contribution in [1.82, 2.24) is 4.72 Å². The van der Waals surface area contributed by atoms with Gasteiger partial charge in [0, 0.05) is 79.7 Å². The number of methoxy groups -OCH3 is 2. The highest BCUT2D eigenvalue weighted by Crippen LogP contribution is 2.50. The Morgan fingerprint density at radius 2 is 1.39 bits per heavy atom. The van der Waals surface area contributed by atoms with Gasteiger partial charge in [-0.05, 0) is 178 Å². The number of fused-ring (bicyclic) bond motifs is 7. The first-order chi connectivity index (χ1) is 39.0. The molecule has 2 saturated carbocycles. The molecule has 0 aromatic heterocycles. The lowest BCUT2D eigenvalue weighted by atomic mass is 9.65. The highest BCUT2D eigenvalue weighted by atomic mass is 32.2. The molecule has 4 aromatic rings. The van der Waals surface area contributed by atoms with E-state index < -0.39 is 37.7 Å². The standard InChI is InChI=1S/C64H83N5O9S2/c1-75-57-20-5-3-13-35-79(73)65-62(71)46-24-30-60-56(37-46)69(41-50-23-28-53(50)57)42-64(43-78-60)33-32-45(51-18-9-10-19-54(51)64)26-31-61(70)66-80(74)36-14-4-6-21-58(76-2)52-27-22-49(52)40-68-39-48-17-8-7-15-44(48)16-11-12-34-77-59-29-25-47(38-55(59)68)63(72)67-80/h7-10,15,17-19,24-25,29-30,37-38,45,49-50,52-53,57-58,79H,3-6,11-14,16,20-23,26-28,31-36,39-43H2,1-2H3,(H,66,67,70,72,74)/t45?,49-,50-,52+,53+,57-,58-,64-,80-/m0/s1. The fraction of sp³-hybridized carbons (Fsp3) is 0.578. The van der Waals surface area contributed by atoms with Gasteiger partial charge in [-0.25, -0.2) is 4.21 Å². The summed E-state index contributed by atoms with van der Waals surface area (Å²) in [5.74, 6) is 2.13. The Balaban J connectivity index is 0.842. The van der Waals surface area contributed by atoms with Gasteiger partial charge in [-0.3, -0.25) is 23.3 Å². The highest BCUT2D eigenvalue weighted by molar-refractivity contribution is 7.92. The van der Waals surface area contributed by atoms with Gasteiger partial charge in [-0.1, -0.05) is 74.2 Å². The lowest BCUT2D eigenvalue weighted by Gasteiger charge is -2.47. The molecule has 3 aliphatic carbocycles. The number of hydrogen-bond acceptors (Lipinski definition) is 11. The van der Waals surface area contributed by atoms with Crippen molar-refractivity contribution in [3.63, 3.8) is 0 Å².